The third-order valence-corrected chi connectivity index (χ3v) is 13.3. The Morgan fingerprint density at radius 3 is 0.838 bits per heavy atom. The van der Waals surface area contributed by atoms with E-state index >= 15 is 0 Å². The van der Waals surface area contributed by atoms with Crippen molar-refractivity contribution in [1.29, 1.82) is 0 Å². The van der Waals surface area contributed by atoms with Crippen molar-refractivity contribution in [2.45, 2.75) is 303 Å². The van der Waals surface area contributed by atoms with Crippen LogP contribution >= 0.6 is 0 Å². The van der Waals surface area contributed by atoms with E-state index in [9.17, 15) is 14.4 Å². The first-order valence-corrected chi connectivity index (χ1v) is 31.2. The Kier molecular flexibility index (Phi) is 58.8. The van der Waals surface area contributed by atoms with Crippen LogP contribution in [-0.4, -0.2) is 37.2 Å². The van der Waals surface area contributed by atoms with Crippen LogP contribution in [0.1, 0.15) is 297 Å². The van der Waals surface area contributed by atoms with Gasteiger partial charge in [0.2, 0.25) is 0 Å². The normalized spacial score (nSPS) is 12.7. The number of allylic oxidation sites excluding steroid dienone is 16. The summed E-state index contributed by atoms with van der Waals surface area (Å²) in [4.78, 5) is 38.2. The molecular weight excluding hydrogens is 913 g/mol. The second kappa shape index (κ2) is 61.9. The van der Waals surface area contributed by atoms with Gasteiger partial charge in [0.1, 0.15) is 13.2 Å². The Morgan fingerprint density at radius 2 is 0.527 bits per heavy atom. The minimum Gasteiger partial charge on any atom is -0.462 e. The molecule has 0 amide bonds. The Bertz CT molecular complexity index is 1460. The summed E-state index contributed by atoms with van der Waals surface area (Å²) in [5, 5.41) is 0. The predicted molar refractivity (Wildman–Crippen MR) is 320 cm³/mol. The van der Waals surface area contributed by atoms with Crippen LogP contribution in [-0.2, 0) is 28.6 Å². The highest BCUT2D eigenvalue weighted by Gasteiger charge is 2.19. The van der Waals surface area contributed by atoms with Gasteiger partial charge in [-0.2, -0.15) is 0 Å². The molecule has 74 heavy (non-hydrogen) atoms. The van der Waals surface area contributed by atoms with E-state index in [0.29, 0.717) is 19.3 Å². The van der Waals surface area contributed by atoms with Gasteiger partial charge in [0.15, 0.2) is 6.10 Å². The fourth-order valence-electron chi connectivity index (χ4n) is 8.65. The van der Waals surface area contributed by atoms with Gasteiger partial charge >= 0.3 is 17.9 Å². The SMILES string of the molecule is CC/C=C\C/C=C\C/C=C\C/C=C\C/C=C\C/C=C\CCCCCCCCCCC(=O)OCC(COC(=O)CCCCCCCCCCCCCCC)OC(=O)CCCCCCC/C=C\C/C=C\CCCCCC. The Morgan fingerprint density at radius 1 is 0.284 bits per heavy atom. The van der Waals surface area contributed by atoms with E-state index < -0.39 is 6.10 Å². The fraction of sp³-hybridized carbons (Fsp3) is 0.721. The number of carbonyl (C=O) groups excluding carboxylic acids is 3. The number of unbranched alkanes of at least 4 members (excludes halogenated alkanes) is 29. The van der Waals surface area contributed by atoms with E-state index in [2.05, 4.69) is 118 Å². The maximum absolute atomic E-state index is 12.9. The first-order valence-electron chi connectivity index (χ1n) is 31.2. The van der Waals surface area contributed by atoms with Gasteiger partial charge in [0.05, 0.1) is 0 Å². The van der Waals surface area contributed by atoms with E-state index in [1.165, 1.54) is 128 Å². The van der Waals surface area contributed by atoms with Crippen molar-refractivity contribution in [2.75, 3.05) is 13.2 Å². The number of esters is 3. The highest BCUT2D eigenvalue weighted by atomic mass is 16.6. The lowest BCUT2D eigenvalue weighted by Crippen LogP contribution is -2.30. The van der Waals surface area contributed by atoms with Crippen molar-refractivity contribution in [2.24, 2.45) is 0 Å². The molecule has 1 unspecified atom stereocenters. The summed E-state index contributed by atoms with van der Waals surface area (Å²) < 4.78 is 16.9. The largest absolute Gasteiger partial charge is 0.462 e. The second-order valence-electron chi connectivity index (χ2n) is 20.6. The average molecular weight is 1030 g/mol. The standard InChI is InChI=1S/C68H116O6/c1-4-7-10-13-16-19-22-25-27-29-30-31-32-33-34-35-36-37-38-39-41-43-46-49-52-55-58-61-67(70)73-64-65(63-72-66(69)60-57-54-51-48-45-42-24-21-18-15-12-9-6-3)74-68(71)62-59-56-53-50-47-44-40-28-26-23-20-17-14-11-8-5-2/h7,10,16,19-20,23,25,27-28,30-31,33-34,36-37,40,65H,4-6,8-9,11-15,17-18,21-22,24,26,29,32,35,38-39,41-64H2,1-3H3/b10-7-,19-16-,23-20-,27-25-,31-30-,34-33-,37-36-,40-28-. The molecule has 0 aromatic rings. The molecule has 0 saturated carbocycles. The minimum atomic E-state index is -0.788. The third-order valence-electron chi connectivity index (χ3n) is 13.3. The van der Waals surface area contributed by atoms with E-state index in [4.69, 9.17) is 14.2 Å². The summed E-state index contributed by atoms with van der Waals surface area (Å²) in [6.07, 6.45) is 82.6. The molecule has 0 aliphatic carbocycles. The lowest BCUT2D eigenvalue weighted by Gasteiger charge is -2.18. The number of hydrogen-bond donors (Lipinski definition) is 0. The summed E-state index contributed by atoms with van der Waals surface area (Å²) >= 11 is 0. The summed E-state index contributed by atoms with van der Waals surface area (Å²) in [6, 6.07) is 0. The summed E-state index contributed by atoms with van der Waals surface area (Å²) in [5.74, 6) is -0.897. The Balaban J connectivity index is 4.33. The highest BCUT2D eigenvalue weighted by molar-refractivity contribution is 5.71. The maximum atomic E-state index is 12.9. The van der Waals surface area contributed by atoms with Crippen LogP contribution < -0.4 is 0 Å². The van der Waals surface area contributed by atoms with Crippen LogP contribution in [0, 0.1) is 0 Å². The van der Waals surface area contributed by atoms with E-state index in [0.717, 1.165) is 128 Å². The van der Waals surface area contributed by atoms with Crippen LogP contribution in [0.4, 0.5) is 0 Å². The number of ether oxygens (including phenoxy) is 3. The van der Waals surface area contributed by atoms with Gasteiger partial charge in [0, 0.05) is 19.3 Å². The van der Waals surface area contributed by atoms with E-state index in [1.807, 2.05) is 0 Å². The smallest absolute Gasteiger partial charge is 0.306 e. The van der Waals surface area contributed by atoms with Crippen LogP contribution in [0.5, 0.6) is 0 Å². The van der Waals surface area contributed by atoms with Crippen molar-refractivity contribution in [1.82, 2.24) is 0 Å². The number of carbonyl (C=O) groups is 3. The zero-order valence-corrected chi connectivity index (χ0v) is 48.6. The quantitative estimate of drug-likeness (QED) is 0.0261. The van der Waals surface area contributed by atoms with Crippen LogP contribution in [0.2, 0.25) is 0 Å². The maximum Gasteiger partial charge on any atom is 0.306 e. The molecule has 0 aliphatic rings. The van der Waals surface area contributed by atoms with Crippen molar-refractivity contribution in [3.63, 3.8) is 0 Å². The van der Waals surface area contributed by atoms with Crippen molar-refractivity contribution >= 4 is 17.9 Å². The molecule has 0 rings (SSSR count). The van der Waals surface area contributed by atoms with Gasteiger partial charge in [-0.25, -0.2) is 0 Å². The van der Waals surface area contributed by atoms with Gasteiger partial charge < -0.3 is 14.2 Å². The van der Waals surface area contributed by atoms with Gasteiger partial charge in [0.25, 0.3) is 0 Å². The molecule has 424 valence electrons. The van der Waals surface area contributed by atoms with Crippen molar-refractivity contribution < 1.29 is 28.6 Å². The average Bonchev–Trinajstić information content (AvgIpc) is 3.40. The molecular formula is C68H116O6. The molecule has 6 heteroatoms. The molecule has 0 saturated heterocycles. The highest BCUT2D eigenvalue weighted by Crippen LogP contribution is 2.16. The third kappa shape index (κ3) is 59.2. The molecule has 0 spiro atoms. The van der Waals surface area contributed by atoms with Gasteiger partial charge in [-0.1, -0.05) is 272 Å². The van der Waals surface area contributed by atoms with Gasteiger partial charge in [-0.15, -0.1) is 0 Å². The number of hydrogen-bond acceptors (Lipinski definition) is 6. The molecule has 0 aromatic carbocycles. The first-order chi connectivity index (χ1) is 36.5. The fourth-order valence-corrected chi connectivity index (χ4v) is 8.65. The van der Waals surface area contributed by atoms with Crippen LogP contribution in [0.25, 0.3) is 0 Å². The molecule has 6 nitrogen and oxygen atoms in total. The second-order valence-corrected chi connectivity index (χ2v) is 20.6. The Hall–Kier alpha value is -3.67. The van der Waals surface area contributed by atoms with E-state index in [-0.39, 0.29) is 31.1 Å². The predicted octanol–water partition coefficient (Wildman–Crippen LogP) is 21.3. The Labute approximate surface area is 457 Å². The molecule has 1 atom stereocenters. The summed E-state index contributed by atoms with van der Waals surface area (Å²) in [6.45, 7) is 6.51. The summed E-state index contributed by atoms with van der Waals surface area (Å²) in [5.41, 5.74) is 0. The van der Waals surface area contributed by atoms with Crippen LogP contribution in [0.3, 0.4) is 0 Å². The first kappa shape index (κ1) is 70.3. The van der Waals surface area contributed by atoms with Gasteiger partial charge in [-0.05, 0) is 103 Å². The molecule has 0 heterocycles. The van der Waals surface area contributed by atoms with Gasteiger partial charge in [-0.3, -0.25) is 14.4 Å². The zero-order chi connectivity index (χ0) is 53.6. The molecule has 0 aliphatic heterocycles. The monoisotopic (exact) mass is 1030 g/mol. The topological polar surface area (TPSA) is 78.9 Å². The van der Waals surface area contributed by atoms with Crippen molar-refractivity contribution in [3.05, 3.63) is 97.2 Å². The molecule has 0 bridgehead atoms. The zero-order valence-electron chi connectivity index (χ0n) is 48.6. The van der Waals surface area contributed by atoms with Crippen molar-refractivity contribution in [3.8, 4) is 0 Å². The summed E-state index contributed by atoms with van der Waals surface area (Å²) in [7, 11) is 0. The molecule has 0 N–H and O–H groups in total. The molecule has 0 aromatic heterocycles. The minimum absolute atomic E-state index is 0.0834. The molecule has 0 fully saturated rings. The lowest BCUT2D eigenvalue weighted by molar-refractivity contribution is -0.167. The van der Waals surface area contributed by atoms with E-state index in [1.54, 1.807) is 0 Å². The number of rotatable bonds is 56. The molecule has 0 radical (unpaired) electrons. The van der Waals surface area contributed by atoms with Crippen LogP contribution in [0.15, 0.2) is 97.2 Å². The lowest BCUT2D eigenvalue weighted by atomic mass is 10.0.